The molecular weight excluding hydrogens is 214 g/mol. The molecule has 0 aromatic carbocycles. The van der Waals surface area contributed by atoms with Crippen molar-refractivity contribution in [1.29, 1.82) is 0 Å². The molecule has 0 spiro atoms. The molecule has 1 heterocycles. The van der Waals surface area contributed by atoms with Crippen LogP contribution in [0.15, 0.2) is 0 Å². The maximum Gasteiger partial charge on any atom is 0.138 e. The van der Waals surface area contributed by atoms with Crippen molar-refractivity contribution >= 4 is 28.3 Å². The number of nitrogens with zero attached hydrogens (tertiary/aromatic N) is 1. The Bertz CT molecular complexity index is 181. The van der Waals surface area contributed by atoms with Crippen LogP contribution < -0.4 is 0 Å². The molecule has 1 rings (SSSR count). The summed E-state index contributed by atoms with van der Waals surface area (Å²) in [6.45, 7) is 7.09. The number of thioether (sulfide) groups is 1. The number of thiocarbonyl (C=S) groups is 1. The molecule has 0 amide bonds. The smallest absolute Gasteiger partial charge is 0.138 e. The van der Waals surface area contributed by atoms with Gasteiger partial charge < -0.3 is 9.64 Å². The Morgan fingerprint density at radius 2 is 2.07 bits per heavy atom. The first-order valence-electron chi connectivity index (χ1n) is 5.31. The minimum atomic E-state index is 0.189. The molecule has 14 heavy (non-hydrogen) atoms. The summed E-state index contributed by atoms with van der Waals surface area (Å²) in [6, 6.07) is 0. The van der Waals surface area contributed by atoms with Crippen molar-refractivity contribution < 1.29 is 4.74 Å². The van der Waals surface area contributed by atoms with Crippen LogP contribution >= 0.6 is 24.0 Å². The molecule has 1 aliphatic rings. The van der Waals surface area contributed by atoms with E-state index in [0.29, 0.717) is 0 Å². The minimum absolute atomic E-state index is 0.189. The lowest BCUT2D eigenvalue weighted by molar-refractivity contribution is 0.138. The van der Waals surface area contributed by atoms with Crippen LogP contribution in [0.2, 0.25) is 0 Å². The van der Waals surface area contributed by atoms with Gasteiger partial charge in [0.25, 0.3) is 0 Å². The molecule has 0 saturated carbocycles. The number of ether oxygens (including phenoxy) is 1. The average Bonchev–Trinajstić information content (AvgIpc) is 2.19. The molecule has 0 aliphatic carbocycles. The van der Waals surface area contributed by atoms with Crippen LogP contribution in [0.1, 0.15) is 33.1 Å². The van der Waals surface area contributed by atoms with Gasteiger partial charge in [0.05, 0.1) is 0 Å². The highest BCUT2D eigenvalue weighted by Gasteiger charge is 2.15. The number of rotatable bonds is 3. The van der Waals surface area contributed by atoms with E-state index in [4.69, 9.17) is 17.0 Å². The SMILES string of the molecule is CCO[C@@H](C)SC(=S)N1CCCCC1. The molecule has 1 saturated heterocycles. The molecular formula is C10H19NOS2. The second kappa shape index (κ2) is 6.64. The molecule has 1 fully saturated rings. The molecule has 82 valence electrons. The van der Waals surface area contributed by atoms with Crippen molar-refractivity contribution in [2.45, 2.75) is 38.5 Å². The maximum absolute atomic E-state index is 5.45. The summed E-state index contributed by atoms with van der Waals surface area (Å²) in [7, 11) is 0. The van der Waals surface area contributed by atoms with Crippen molar-refractivity contribution in [2.75, 3.05) is 19.7 Å². The fraction of sp³-hybridized carbons (Fsp3) is 0.900. The van der Waals surface area contributed by atoms with Crippen LogP contribution in [-0.2, 0) is 4.74 Å². The summed E-state index contributed by atoms with van der Waals surface area (Å²) in [4.78, 5) is 2.30. The Balaban J connectivity index is 2.25. The van der Waals surface area contributed by atoms with Crippen molar-refractivity contribution in [3.05, 3.63) is 0 Å². The van der Waals surface area contributed by atoms with Gasteiger partial charge in [0, 0.05) is 19.7 Å². The van der Waals surface area contributed by atoms with Gasteiger partial charge in [-0.05, 0) is 33.1 Å². The maximum atomic E-state index is 5.45. The zero-order chi connectivity index (χ0) is 10.4. The standard InChI is InChI=1S/C10H19NOS2/c1-3-12-9(2)14-10(13)11-7-5-4-6-8-11/h9H,3-8H2,1-2H3/t9-/m1/s1. The van der Waals surface area contributed by atoms with E-state index in [1.807, 2.05) is 6.92 Å². The second-order valence-electron chi connectivity index (χ2n) is 3.45. The van der Waals surface area contributed by atoms with Gasteiger partial charge in [-0.25, -0.2) is 0 Å². The molecule has 0 aromatic rings. The van der Waals surface area contributed by atoms with Crippen LogP contribution in [0, 0.1) is 0 Å². The van der Waals surface area contributed by atoms with Gasteiger partial charge in [0.15, 0.2) is 0 Å². The van der Waals surface area contributed by atoms with Crippen molar-refractivity contribution in [1.82, 2.24) is 4.90 Å². The highest BCUT2D eigenvalue weighted by molar-refractivity contribution is 8.23. The first-order chi connectivity index (χ1) is 6.74. The predicted molar refractivity (Wildman–Crippen MR) is 66.7 cm³/mol. The van der Waals surface area contributed by atoms with Gasteiger partial charge >= 0.3 is 0 Å². The third kappa shape index (κ3) is 4.15. The van der Waals surface area contributed by atoms with Crippen LogP contribution in [0.4, 0.5) is 0 Å². The van der Waals surface area contributed by atoms with Gasteiger partial charge in [0.1, 0.15) is 9.76 Å². The molecule has 0 aromatic heterocycles. The Hall–Kier alpha value is 0.200. The third-order valence-corrected chi connectivity index (χ3v) is 3.76. The van der Waals surface area contributed by atoms with E-state index in [2.05, 4.69) is 11.8 Å². The predicted octanol–water partition coefficient (Wildman–Crippen LogP) is 2.87. The van der Waals surface area contributed by atoms with E-state index >= 15 is 0 Å². The minimum Gasteiger partial charge on any atom is -0.368 e. The number of likely N-dealkylation sites (tertiary alicyclic amines) is 1. The Morgan fingerprint density at radius 1 is 1.43 bits per heavy atom. The lowest BCUT2D eigenvalue weighted by Crippen LogP contribution is -2.33. The van der Waals surface area contributed by atoms with Crippen LogP contribution in [0.5, 0.6) is 0 Å². The third-order valence-electron chi connectivity index (χ3n) is 2.28. The zero-order valence-electron chi connectivity index (χ0n) is 8.99. The average molecular weight is 233 g/mol. The molecule has 4 heteroatoms. The highest BCUT2D eigenvalue weighted by atomic mass is 32.2. The van der Waals surface area contributed by atoms with Crippen molar-refractivity contribution in [3.63, 3.8) is 0 Å². The molecule has 1 aliphatic heterocycles. The molecule has 0 unspecified atom stereocenters. The van der Waals surface area contributed by atoms with E-state index in [9.17, 15) is 0 Å². The Kier molecular flexibility index (Phi) is 5.82. The van der Waals surface area contributed by atoms with E-state index in [1.165, 1.54) is 19.3 Å². The van der Waals surface area contributed by atoms with Gasteiger partial charge in [-0.2, -0.15) is 0 Å². The van der Waals surface area contributed by atoms with E-state index in [-0.39, 0.29) is 5.44 Å². The Labute approximate surface area is 96.4 Å². The summed E-state index contributed by atoms with van der Waals surface area (Å²) >= 11 is 7.04. The first kappa shape index (κ1) is 12.3. The fourth-order valence-corrected chi connectivity index (χ4v) is 2.97. The molecule has 0 radical (unpaired) electrons. The normalized spacial score (nSPS) is 19.4. The summed E-state index contributed by atoms with van der Waals surface area (Å²) in [5.41, 5.74) is 0.189. The quantitative estimate of drug-likeness (QED) is 0.548. The number of piperidine rings is 1. The number of hydrogen-bond donors (Lipinski definition) is 0. The topological polar surface area (TPSA) is 12.5 Å². The molecule has 0 N–H and O–H groups in total. The summed E-state index contributed by atoms with van der Waals surface area (Å²) in [6.07, 6.45) is 3.91. The number of hydrogen-bond acceptors (Lipinski definition) is 3. The van der Waals surface area contributed by atoms with Crippen molar-refractivity contribution in [2.24, 2.45) is 0 Å². The van der Waals surface area contributed by atoms with E-state index in [0.717, 1.165) is 24.0 Å². The lowest BCUT2D eigenvalue weighted by atomic mass is 10.1. The van der Waals surface area contributed by atoms with Gasteiger partial charge in [0.2, 0.25) is 0 Å². The fourth-order valence-electron chi connectivity index (χ4n) is 1.56. The van der Waals surface area contributed by atoms with Gasteiger partial charge in [-0.1, -0.05) is 24.0 Å². The largest absolute Gasteiger partial charge is 0.368 e. The summed E-state index contributed by atoms with van der Waals surface area (Å²) < 4.78 is 6.46. The molecule has 0 bridgehead atoms. The highest BCUT2D eigenvalue weighted by Crippen LogP contribution is 2.20. The molecule has 2 nitrogen and oxygen atoms in total. The summed E-state index contributed by atoms with van der Waals surface area (Å²) in [5.74, 6) is 0. The van der Waals surface area contributed by atoms with Crippen LogP contribution in [-0.4, -0.2) is 34.4 Å². The monoisotopic (exact) mass is 233 g/mol. The summed E-state index contributed by atoms with van der Waals surface area (Å²) in [5, 5.41) is 0. The van der Waals surface area contributed by atoms with Gasteiger partial charge in [-0.3, -0.25) is 0 Å². The van der Waals surface area contributed by atoms with E-state index < -0.39 is 0 Å². The lowest BCUT2D eigenvalue weighted by Gasteiger charge is -2.29. The second-order valence-corrected chi connectivity index (χ2v) is 5.39. The van der Waals surface area contributed by atoms with Crippen LogP contribution in [0.3, 0.4) is 0 Å². The first-order valence-corrected chi connectivity index (χ1v) is 6.60. The zero-order valence-corrected chi connectivity index (χ0v) is 10.6. The van der Waals surface area contributed by atoms with E-state index in [1.54, 1.807) is 11.8 Å². The van der Waals surface area contributed by atoms with Gasteiger partial charge in [-0.15, -0.1) is 0 Å². The molecule has 1 atom stereocenters. The van der Waals surface area contributed by atoms with Crippen LogP contribution in [0.25, 0.3) is 0 Å². The Morgan fingerprint density at radius 3 is 2.64 bits per heavy atom. The van der Waals surface area contributed by atoms with Crippen molar-refractivity contribution in [3.8, 4) is 0 Å².